The molecule has 0 fully saturated rings. The topological polar surface area (TPSA) is 61.9 Å². The van der Waals surface area contributed by atoms with E-state index < -0.39 is 0 Å². The van der Waals surface area contributed by atoms with Gasteiger partial charge in [-0.15, -0.1) is 4.59 Å². The van der Waals surface area contributed by atoms with Crippen LogP contribution < -0.4 is 4.59 Å². The summed E-state index contributed by atoms with van der Waals surface area (Å²) in [6, 6.07) is 8.56. The third-order valence-corrected chi connectivity index (χ3v) is 3.24. The van der Waals surface area contributed by atoms with E-state index in [1.807, 2.05) is 0 Å². The number of quaternary nitrogens is 1. The molecule has 0 radical (unpaired) electrons. The van der Waals surface area contributed by atoms with Gasteiger partial charge in [0.15, 0.2) is 5.56 Å². The first-order valence-corrected chi connectivity index (χ1v) is 6.30. The monoisotopic (exact) mass is 280 g/mol. The minimum Gasteiger partial charge on any atom is -0.243 e. The Labute approximate surface area is 120 Å². The second kappa shape index (κ2) is 5.23. The predicted octanol–water partition coefficient (Wildman–Crippen LogP) is 2.51. The average Bonchev–Trinajstić information content (AvgIpc) is 2.99. The summed E-state index contributed by atoms with van der Waals surface area (Å²) in [5, 5.41) is 13.6. The number of rotatable bonds is 3. The van der Waals surface area contributed by atoms with Crippen LogP contribution in [-0.2, 0) is 6.54 Å². The van der Waals surface area contributed by atoms with E-state index in [0.717, 1.165) is 0 Å². The van der Waals surface area contributed by atoms with E-state index in [1.54, 1.807) is 36.7 Å². The highest BCUT2D eigenvalue weighted by Crippen LogP contribution is 2.30. The Morgan fingerprint density at radius 3 is 2.86 bits per heavy atom. The molecule has 1 unspecified atom stereocenters. The van der Waals surface area contributed by atoms with Gasteiger partial charge >= 0.3 is 0 Å². The standard InChI is InChI=1S/C15H11FN5/c16-14-5-2-1-4-12(14)10-21(7-3-6-20-21)15-13(8-17)9-18-11-19-15/h1-7,9,11H,10H2/q+1. The molecular weight excluding hydrogens is 269 g/mol. The number of halogens is 1. The van der Waals surface area contributed by atoms with E-state index in [-0.39, 0.29) is 17.0 Å². The normalized spacial score (nSPS) is 19.6. The molecule has 2 aromatic rings. The van der Waals surface area contributed by atoms with Crippen molar-refractivity contribution in [2.45, 2.75) is 6.54 Å². The molecule has 2 heterocycles. The van der Waals surface area contributed by atoms with Gasteiger partial charge in [0.05, 0.1) is 12.4 Å². The Morgan fingerprint density at radius 1 is 1.29 bits per heavy atom. The highest BCUT2D eigenvalue weighted by Gasteiger charge is 2.36. The van der Waals surface area contributed by atoms with E-state index in [2.05, 4.69) is 21.1 Å². The van der Waals surface area contributed by atoms with Crippen LogP contribution in [0, 0.1) is 17.1 Å². The summed E-state index contributed by atoms with van der Waals surface area (Å²) in [6.07, 6.45) is 7.94. The van der Waals surface area contributed by atoms with Crippen molar-refractivity contribution in [2.24, 2.45) is 5.10 Å². The van der Waals surface area contributed by atoms with Gasteiger partial charge < -0.3 is 0 Å². The molecule has 1 aliphatic rings. The minimum atomic E-state index is -0.307. The Morgan fingerprint density at radius 2 is 2.14 bits per heavy atom. The SMILES string of the molecule is N#Cc1cncnc1[N+]1(Cc2ccccc2F)C=CC=N1. The second-order valence-corrected chi connectivity index (χ2v) is 4.55. The summed E-state index contributed by atoms with van der Waals surface area (Å²) < 4.78 is 13.9. The van der Waals surface area contributed by atoms with Gasteiger partial charge in [0, 0.05) is 11.6 Å². The van der Waals surface area contributed by atoms with E-state index in [1.165, 1.54) is 18.6 Å². The summed E-state index contributed by atoms with van der Waals surface area (Å²) in [7, 11) is 0. The van der Waals surface area contributed by atoms with Crippen molar-refractivity contribution in [3.8, 4) is 6.07 Å². The molecule has 1 aliphatic heterocycles. The highest BCUT2D eigenvalue weighted by molar-refractivity contribution is 5.75. The fraction of sp³-hybridized carbons (Fsp3) is 0.0667. The molecule has 0 N–H and O–H groups in total. The van der Waals surface area contributed by atoms with Crippen LogP contribution in [0.25, 0.3) is 0 Å². The number of hydrogen-bond acceptors (Lipinski definition) is 4. The molecule has 0 aliphatic carbocycles. The molecule has 102 valence electrons. The van der Waals surface area contributed by atoms with Crippen LogP contribution in [0.15, 0.2) is 54.2 Å². The maximum Gasteiger partial charge on any atom is 0.280 e. The Kier molecular flexibility index (Phi) is 3.26. The van der Waals surface area contributed by atoms with Crippen LogP contribution in [-0.4, -0.2) is 16.2 Å². The molecular formula is C15H11FN5+. The van der Waals surface area contributed by atoms with Gasteiger partial charge in [0.2, 0.25) is 0 Å². The molecule has 21 heavy (non-hydrogen) atoms. The Hall–Kier alpha value is -2.91. The molecule has 5 nitrogen and oxygen atoms in total. The van der Waals surface area contributed by atoms with E-state index >= 15 is 0 Å². The van der Waals surface area contributed by atoms with Gasteiger partial charge in [-0.25, -0.2) is 9.37 Å². The van der Waals surface area contributed by atoms with Crippen molar-refractivity contribution in [3.05, 3.63) is 66.0 Å². The van der Waals surface area contributed by atoms with Crippen LogP contribution in [0.1, 0.15) is 11.1 Å². The van der Waals surface area contributed by atoms with Crippen LogP contribution in [0.5, 0.6) is 0 Å². The van der Waals surface area contributed by atoms with Crippen LogP contribution in [0.2, 0.25) is 0 Å². The Bertz CT molecular complexity index is 764. The maximum atomic E-state index is 13.9. The minimum absolute atomic E-state index is 0.0770. The van der Waals surface area contributed by atoms with E-state index in [4.69, 9.17) is 0 Å². The number of nitrogens with zero attached hydrogens (tertiary/aromatic N) is 5. The van der Waals surface area contributed by atoms with Crippen LogP contribution in [0.4, 0.5) is 10.2 Å². The number of nitriles is 1. The van der Waals surface area contributed by atoms with Crippen molar-refractivity contribution >= 4 is 12.0 Å². The molecule has 1 aromatic carbocycles. The predicted molar refractivity (Wildman–Crippen MR) is 76.3 cm³/mol. The third-order valence-electron chi connectivity index (χ3n) is 3.24. The van der Waals surface area contributed by atoms with Crippen molar-refractivity contribution < 1.29 is 4.39 Å². The zero-order valence-corrected chi connectivity index (χ0v) is 11.0. The first-order valence-electron chi connectivity index (χ1n) is 6.30. The lowest BCUT2D eigenvalue weighted by Gasteiger charge is -2.24. The summed E-state index contributed by atoms with van der Waals surface area (Å²) >= 11 is 0. The smallest absolute Gasteiger partial charge is 0.243 e. The molecule has 0 saturated carbocycles. The number of benzene rings is 1. The summed E-state index contributed by atoms with van der Waals surface area (Å²) in [4.78, 5) is 8.03. The zero-order chi connectivity index (χ0) is 14.7. The van der Waals surface area contributed by atoms with Gasteiger partial charge in [-0.1, -0.05) is 23.3 Å². The van der Waals surface area contributed by atoms with Gasteiger partial charge in [0.1, 0.15) is 31.0 Å². The van der Waals surface area contributed by atoms with Gasteiger partial charge in [-0.05, 0) is 6.07 Å². The van der Waals surface area contributed by atoms with Crippen molar-refractivity contribution in [1.29, 1.82) is 5.26 Å². The number of aromatic nitrogens is 2. The van der Waals surface area contributed by atoms with Crippen molar-refractivity contribution in [1.82, 2.24) is 14.6 Å². The molecule has 1 atom stereocenters. The first kappa shape index (κ1) is 13.1. The molecule has 1 aromatic heterocycles. The fourth-order valence-corrected chi connectivity index (χ4v) is 2.27. The van der Waals surface area contributed by atoms with Crippen molar-refractivity contribution in [2.75, 3.05) is 0 Å². The molecule has 6 heteroatoms. The third kappa shape index (κ3) is 2.30. The lowest BCUT2D eigenvalue weighted by molar-refractivity contribution is 0.372. The molecule has 0 spiro atoms. The molecule has 3 rings (SSSR count). The van der Waals surface area contributed by atoms with Gasteiger partial charge in [0.25, 0.3) is 5.82 Å². The van der Waals surface area contributed by atoms with Gasteiger partial charge in [-0.2, -0.15) is 10.2 Å². The van der Waals surface area contributed by atoms with Crippen molar-refractivity contribution in [3.63, 3.8) is 0 Å². The van der Waals surface area contributed by atoms with Crippen LogP contribution in [0.3, 0.4) is 0 Å². The average molecular weight is 280 g/mol. The Balaban J connectivity index is 2.10. The lowest BCUT2D eigenvalue weighted by Crippen LogP contribution is -2.37. The fourth-order valence-electron chi connectivity index (χ4n) is 2.27. The molecule has 0 saturated heterocycles. The summed E-state index contributed by atoms with van der Waals surface area (Å²) in [5.74, 6) is 0.124. The van der Waals surface area contributed by atoms with E-state index in [0.29, 0.717) is 16.9 Å². The highest BCUT2D eigenvalue weighted by atomic mass is 19.1. The quantitative estimate of drug-likeness (QED) is 0.811. The van der Waals surface area contributed by atoms with E-state index in [9.17, 15) is 9.65 Å². The summed E-state index contributed by atoms with van der Waals surface area (Å²) in [5.41, 5.74) is 0.821. The number of hydrogen-bond donors (Lipinski definition) is 0. The zero-order valence-electron chi connectivity index (χ0n) is 11.0. The first-order chi connectivity index (χ1) is 10.2. The maximum absolute atomic E-state index is 13.9. The second-order valence-electron chi connectivity index (χ2n) is 4.55. The largest absolute Gasteiger partial charge is 0.280 e. The molecule has 0 amide bonds. The number of allylic oxidation sites excluding steroid dienone is 1. The molecule has 0 bridgehead atoms. The lowest BCUT2D eigenvalue weighted by atomic mass is 10.2. The van der Waals surface area contributed by atoms with Gasteiger partial charge in [-0.3, -0.25) is 0 Å². The summed E-state index contributed by atoms with van der Waals surface area (Å²) in [6.45, 7) is 0.241. The van der Waals surface area contributed by atoms with Crippen LogP contribution >= 0.6 is 0 Å².